The number of hydrogen-bond donors (Lipinski definition) is 0. The van der Waals surface area contributed by atoms with Crippen molar-refractivity contribution in [2.45, 2.75) is 32.0 Å². The largest absolute Gasteiger partial charge is 0.484 e. The molecule has 5 rings (SSSR count). The zero-order valence-electron chi connectivity index (χ0n) is 17.9. The van der Waals surface area contributed by atoms with Gasteiger partial charge in [0.1, 0.15) is 29.4 Å². The molecule has 0 saturated carbocycles. The molecule has 4 aromatic rings. The number of benzene rings is 1. The van der Waals surface area contributed by atoms with E-state index >= 15 is 0 Å². The Morgan fingerprint density at radius 2 is 1.91 bits per heavy atom. The van der Waals surface area contributed by atoms with E-state index in [2.05, 4.69) is 15.0 Å². The second-order valence-electron chi connectivity index (χ2n) is 8.10. The van der Waals surface area contributed by atoms with E-state index in [1.807, 2.05) is 26.0 Å². The van der Waals surface area contributed by atoms with Gasteiger partial charge in [-0.25, -0.2) is 19.7 Å². The number of rotatable bonds is 4. The van der Waals surface area contributed by atoms with E-state index in [0.717, 1.165) is 16.5 Å². The summed E-state index contributed by atoms with van der Waals surface area (Å²) in [5, 5.41) is 0.835. The fourth-order valence-corrected chi connectivity index (χ4v) is 3.74. The van der Waals surface area contributed by atoms with Gasteiger partial charge in [0, 0.05) is 47.8 Å². The van der Waals surface area contributed by atoms with Crippen LogP contribution in [0.25, 0.3) is 22.2 Å². The third-order valence-electron chi connectivity index (χ3n) is 5.50. The van der Waals surface area contributed by atoms with Crippen LogP contribution in [0.2, 0.25) is 0 Å². The quantitative estimate of drug-likeness (QED) is 0.450. The van der Waals surface area contributed by atoms with Crippen molar-refractivity contribution in [3.8, 4) is 28.8 Å². The van der Waals surface area contributed by atoms with E-state index in [0.29, 0.717) is 35.2 Å². The first-order valence-electron chi connectivity index (χ1n) is 10.2. The molecule has 8 nitrogen and oxygen atoms in total. The molecule has 8 heteroatoms. The summed E-state index contributed by atoms with van der Waals surface area (Å²) in [5.41, 5.74) is 1.98. The van der Waals surface area contributed by atoms with E-state index < -0.39 is 5.60 Å². The normalized spacial score (nSPS) is 16.8. The lowest BCUT2D eigenvalue weighted by atomic mass is 9.90. The van der Waals surface area contributed by atoms with E-state index in [1.165, 1.54) is 12.4 Å². The van der Waals surface area contributed by atoms with Crippen LogP contribution >= 0.6 is 0 Å². The van der Waals surface area contributed by atoms with Crippen molar-refractivity contribution in [1.82, 2.24) is 15.0 Å². The minimum Gasteiger partial charge on any atom is -0.484 e. The van der Waals surface area contributed by atoms with Gasteiger partial charge in [-0.1, -0.05) is 0 Å². The third kappa shape index (κ3) is 3.75. The summed E-state index contributed by atoms with van der Waals surface area (Å²) >= 11 is 0. The van der Waals surface area contributed by atoms with Crippen LogP contribution in [0.4, 0.5) is 0 Å². The predicted molar refractivity (Wildman–Crippen MR) is 117 cm³/mol. The predicted octanol–water partition coefficient (Wildman–Crippen LogP) is 3.81. The second-order valence-corrected chi connectivity index (χ2v) is 8.10. The highest BCUT2D eigenvalue weighted by Gasteiger charge is 2.39. The number of ether oxygens (including phenoxy) is 3. The van der Waals surface area contributed by atoms with Gasteiger partial charge in [-0.15, -0.1) is 0 Å². The average Bonchev–Trinajstić information content (AvgIpc) is 2.78. The maximum absolute atomic E-state index is 11.5. The van der Waals surface area contributed by atoms with Gasteiger partial charge in [0.05, 0.1) is 12.8 Å². The van der Waals surface area contributed by atoms with E-state index in [4.69, 9.17) is 18.6 Å². The molecule has 162 valence electrons. The number of hydrogen-bond acceptors (Lipinski definition) is 8. The Morgan fingerprint density at radius 1 is 1.03 bits per heavy atom. The highest BCUT2D eigenvalue weighted by atomic mass is 16.6. The highest BCUT2D eigenvalue weighted by molar-refractivity contribution is 5.79. The van der Waals surface area contributed by atoms with Crippen LogP contribution < -0.4 is 19.8 Å². The molecular formula is C24H21N3O5. The summed E-state index contributed by atoms with van der Waals surface area (Å²) in [7, 11) is 1.57. The van der Waals surface area contributed by atoms with Gasteiger partial charge in [0.15, 0.2) is 0 Å². The summed E-state index contributed by atoms with van der Waals surface area (Å²) in [6.07, 6.45) is 3.48. The number of methoxy groups -OCH3 is 1. The molecule has 32 heavy (non-hydrogen) atoms. The van der Waals surface area contributed by atoms with Gasteiger partial charge in [-0.2, -0.15) is 0 Å². The molecule has 4 heterocycles. The van der Waals surface area contributed by atoms with Crippen LogP contribution in [0.15, 0.2) is 64.2 Å². The van der Waals surface area contributed by atoms with Gasteiger partial charge in [-0.05, 0) is 37.6 Å². The minimum absolute atomic E-state index is 0.292. The van der Waals surface area contributed by atoms with Crippen molar-refractivity contribution < 1.29 is 18.6 Å². The Kier molecular flexibility index (Phi) is 4.77. The average molecular weight is 431 g/mol. The number of fused-ring (bicyclic) bond motifs is 2. The second kappa shape index (κ2) is 7.64. The van der Waals surface area contributed by atoms with Crippen LogP contribution in [0, 0.1) is 0 Å². The lowest BCUT2D eigenvalue weighted by Gasteiger charge is -2.39. The first kappa shape index (κ1) is 20.0. The minimum atomic E-state index is -0.636. The molecular weight excluding hydrogens is 410 g/mol. The van der Waals surface area contributed by atoms with Crippen LogP contribution in [0.3, 0.4) is 0 Å². The molecule has 1 aromatic carbocycles. The van der Waals surface area contributed by atoms with Crippen molar-refractivity contribution in [1.29, 1.82) is 0 Å². The zero-order valence-corrected chi connectivity index (χ0v) is 17.9. The van der Waals surface area contributed by atoms with Gasteiger partial charge in [-0.3, -0.25) is 0 Å². The van der Waals surface area contributed by atoms with Crippen LogP contribution in [-0.4, -0.2) is 33.8 Å². The molecule has 0 fully saturated rings. The molecule has 0 unspecified atom stereocenters. The topological polar surface area (TPSA) is 96.6 Å². The van der Waals surface area contributed by atoms with E-state index in [-0.39, 0.29) is 11.7 Å². The van der Waals surface area contributed by atoms with Crippen LogP contribution in [-0.2, 0) is 6.42 Å². The highest BCUT2D eigenvalue weighted by Crippen LogP contribution is 2.37. The van der Waals surface area contributed by atoms with E-state index in [9.17, 15) is 4.79 Å². The third-order valence-corrected chi connectivity index (χ3v) is 5.50. The molecule has 1 aliphatic heterocycles. The molecule has 0 amide bonds. The van der Waals surface area contributed by atoms with Gasteiger partial charge < -0.3 is 18.6 Å². The van der Waals surface area contributed by atoms with Crippen molar-refractivity contribution >= 4 is 11.0 Å². The van der Waals surface area contributed by atoms with Crippen molar-refractivity contribution in [2.75, 3.05) is 7.11 Å². The SMILES string of the molecule is COc1ccc(-c2cc(O[C@H]3Cc4cc5ccc(=O)oc5cc4OC3(C)C)ncn2)cn1. The van der Waals surface area contributed by atoms with Crippen molar-refractivity contribution in [3.05, 3.63) is 71.0 Å². The van der Waals surface area contributed by atoms with Gasteiger partial charge in [0.2, 0.25) is 11.8 Å². The Bertz CT molecular complexity index is 1350. The maximum atomic E-state index is 11.5. The van der Waals surface area contributed by atoms with Crippen molar-refractivity contribution in [2.24, 2.45) is 0 Å². The number of nitrogens with zero attached hydrogens (tertiary/aromatic N) is 3. The molecule has 3 aromatic heterocycles. The smallest absolute Gasteiger partial charge is 0.336 e. The Morgan fingerprint density at radius 3 is 2.69 bits per heavy atom. The zero-order chi connectivity index (χ0) is 22.3. The standard InChI is InChI=1S/C24H21N3O5/c1-24(2)20(9-16-8-14-5-7-23(28)30-18(14)11-19(16)32-24)31-22-10-17(26-13-27-22)15-4-6-21(29-3)25-12-15/h4-8,10-13,20H,9H2,1-3H3/t20-/m0/s1. The van der Waals surface area contributed by atoms with Crippen molar-refractivity contribution in [3.63, 3.8) is 0 Å². The van der Waals surface area contributed by atoms with E-state index in [1.54, 1.807) is 37.6 Å². The Balaban J connectivity index is 1.43. The summed E-state index contributed by atoms with van der Waals surface area (Å²) in [6, 6.07) is 12.3. The van der Waals surface area contributed by atoms with Crippen LogP contribution in [0.5, 0.6) is 17.5 Å². The fourth-order valence-electron chi connectivity index (χ4n) is 3.74. The monoisotopic (exact) mass is 431 g/mol. The molecule has 1 atom stereocenters. The summed E-state index contributed by atoms with van der Waals surface area (Å²) < 4.78 is 22.9. The fraction of sp³-hybridized carbons (Fsp3) is 0.250. The summed E-state index contributed by atoms with van der Waals surface area (Å²) in [4.78, 5) is 24.4. The van der Waals surface area contributed by atoms with Crippen LogP contribution in [0.1, 0.15) is 19.4 Å². The van der Waals surface area contributed by atoms with Gasteiger partial charge in [0.25, 0.3) is 0 Å². The first-order chi connectivity index (χ1) is 15.4. The van der Waals surface area contributed by atoms with Gasteiger partial charge >= 0.3 is 5.63 Å². The molecule has 0 saturated heterocycles. The maximum Gasteiger partial charge on any atom is 0.336 e. The lowest BCUT2D eigenvalue weighted by molar-refractivity contribution is -0.0287. The summed E-state index contributed by atoms with van der Waals surface area (Å²) in [5.74, 6) is 1.66. The molecule has 1 aliphatic rings. The summed E-state index contributed by atoms with van der Waals surface area (Å²) in [6.45, 7) is 3.92. The molecule has 0 bridgehead atoms. The Labute approximate surface area is 183 Å². The molecule has 0 N–H and O–H groups in total. The molecule has 0 radical (unpaired) electrons. The molecule has 0 spiro atoms. The Hall–Kier alpha value is -3.94. The number of aromatic nitrogens is 3. The molecule has 0 aliphatic carbocycles. The number of pyridine rings is 1. The first-order valence-corrected chi connectivity index (χ1v) is 10.2. The lowest BCUT2D eigenvalue weighted by Crippen LogP contribution is -2.49.